The molecule has 5 heteroatoms. The van der Waals surface area contributed by atoms with Gasteiger partial charge >= 0.3 is 0 Å². The molecule has 1 atom stereocenters. The number of nitrogens with one attached hydrogen (secondary N) is 1. The third-order valence-electron chi connectivity index (χ3n) is 2.74. The van der Waals surface area contributed by atoms with Crippen molar-refractivity contribution in [2.75, 3.05) is 6.61 Å². The third-order valence-corrected chi connectivity index (χ3v) is 2.96. The van der Waals surface area contributed by atoms with Crippen LogP contribution in [0.4, 0.5) is 0 Å². The Morgan fingerprint density at radius 3 is 2.60 bits per heavy atom. The number of ether oxygens (including phenoxy) is 1. The van der Waals surface area contributed by atoms with E-state index >= 15 is 0 Å². The first-order valence-electron chi connectivity index (χ1n) is 6.71. The lowest BCUT2D eigenvalue weighted by Gasteiger charge is -2.16. The van der Waals surface area contributed by atoms with Crippen LogP contribution in [0.1, 0.15) is 32.8 Å². The maximum atomic E-state index is 11.8. The molecule has 0 aliphatic heterocycles. The fraction of sp³-hybridized carbons (Fsp3) is 0.467. The highest BCUT2D eigenvalue weighted by Gasteiger charge is 2.11. The summed E-state index contributed by atoms with van der Waals surface area (Å²) in [6.07, 6.45) is 0.940. The van der Waals surface area contributed by atoms with Gasteiger partial charge in [0.15, 0.2) is 6.61 Å². The summed E-state index contributed by atoms with van der Waals surface area (Å²) in [7, 11) is 0. The molecule has 0 spiro atoms. The maximum Gasteiger partial charge on any atom is 0.258 e. The van der Waals surface area contributed by atoms with Crippen LogP contribution in [0, 0.1) is 5.92 Å². The highest BCUT2D eigenvalue weighted by molar-refractivity contribution is 7.80. The summed E-state index contributed by atoms with van der Waals surface area (Å²) in [6.45, 7) is 6.19. The van der Waals surface area contributed by atoms with E-state index in [0.29, 0.717) is 17.2 Å². The van der Waals surface area contributed by atoms with Gasteiger partial charge in [0.1, 0.15) is 10.7 Å². The van der Waals surface area contributed by atoms with Crippen LogP contribution in [0.15, 0.2) is 24.3 Å². The number of thiocarbonyl (C=S) groups is 1. The smallest absolute Gasteiger partial charge is 0.258 e. The molecule has 0 aromatic heterocycles. The SMILES string of the molecule is CC(C)CC(C)NC(=O)COc1ccccc1C(N)=S. The van der Waals surface area contributed by atoms with E-state index in [2.05, 4.69) is 19.2 Å². The molecule has 0 saturated carbocycles. The van der Waals surface area contributed by atoms with Crippen molar-refractivity contribution < 1.29 is 9.53 Å². The number of hydrogen-bond donors (Lipinski definition) is 2. The second-order valence-corrected chi connectivity index (χ2v) is 5.69. The van der Waals surface area contributed by atoms with Crippen LogP contribution in [-0.4, -0.2) is 23.5 Å². The van der Waals surface area contributed by atoms with Gasteiger partial charge in [0, 0.05) is 6.04 Å². The minimum absolute atomic E-state index is 0.0396. The van der Waals surface area contributed by atoms with Gasteiger partial charge in [-0.3, -0.25) is 4.79 Å². The summed E-state index contributed by atoms with van der Waals surface area (Å²) < 4.78 is 5.49. The van der Waals surface area contributed by atoms with Gasteiger partial charge in [0.05, 0.1) is 5.56 Å². The number of nitrogens with two attached hydrogens (primary N) is 1. The van der Waals surface area contributed by atoms with Gasteiger partial charge in [-0.15, -0.1) is 0 Å². The summed E-state index contributed by atoms with van der Waals surface area (Å²) >= 11 is 4.94. The number of carbonyl (C=O) groups is 1. The number of para-hydroxylation sites is 1. The molecule has 4 nitrogen and oxygen atoms in total. The molecule has 1 rings (SSSR count). The predicted octanol–water partition coefficient (Wildman–Crippen LogP) is 2.25. The average Bonchev–Trinajstić information content (AvgIpc) is 2.35. The quantitative estimate of drug-likeness (QED) is 0.757. The zero-order valence-electron chi connectivity index (χ0n) is 12.2. The predicted molar refractivity (Wildman–Crippen MR) is 84.9 cm³/mol. The first-order chi connectivity index (χ1) is 9.40. The van der Waals surface area contributed by atoms with Crippen LogP contribution < -0.4 is 15.8 Å². The van der Waals surface area contributed by atoms with Crippen molar-refractivity contribution in [1.82, 2.24) is 5.32 Å². The summed E-state index contributed by atoms with van der Waals surface area (Å²) in [5, 5.41) is 2.90. The van der Waals surface area contributed by atoms with Crippen molar-refractivity contribution in [2.45, 2.75) is 33.2 Å². The minimum Gasteiger partial charge on any atom is -0.483 e. The minimum atomic E-state index is -0.143. The third kappa shape index (κ3) is 5.57. The lowest BCUT2D eigenvalue weighted by atomic mass is 10.1. The van der Waals surface area contributed by atoms with E-state index in [9.17, 15) is 4.79 Å². The van der Waals surface area contributed by atoms with Gasteiger partial charge in [-0.1, -0.05) is 38.2 Å². The van der Waals surface area contributed by atoms with Crippen molar-refractivity contribution in [3.8, 4) is 5.75 Å². The van der Waals surface area contributed by atoms with E-state index in [1.165, 1.54) is 0 Å². The topological polar surface area (TPSA) is 64.3 Å². The second-order valence-electron chi connectivity index (χ2n) is 5.25. The number of rotatable bonds is 7. The molecule has 1 unspecified atom stereocenters. The van der Waals surface area contributed by atoms with E-state index < -0.39 is 0 Å². The normalized spacial score (nSPS) is 12.0. The molecule has 1 aromatic carbocycles. The molecule has 3 N–H and O–H groups in total. The van der Waals surface area contributed by atoms with Gasteiger partial charge in [-0.2, -0.15) is 0 Å². The maximum absolute atomic E-state index is 11.8. The number of hydrogen-bond acceptors (Lipinski definition) is 3. The van der Waals surface area contributed by atoms with E-state index in [0.717, 1.165) is 6.42 Å². The van der Waals surface area contributed by atoms with Crippen LogP contribution in [0.25, 0.3) is 0 Å². The van der Waals surface area contributed by atoms with E-state index in [1.54, 1.807) is 12.1 Å². The zero-order valence-corrected chi connectivity index (χ0v) is 13.0. The van der Waals surface area contributed by atoms with Crippen molar-refractivity contribution in [1.29, 1.82) is 0 Å². The molecule has 20 heavy (non-hydrogen) atoms. The molecule has 110 valence electrons. The molecule has 0 saturated heterocycles. The first-order valence-corrected chi connectivity index (χ1v) is 7.12. The largest absolute Gasteiger partial charge is 0.483 e. The molecule has 0 bridgehead atoms. The van der Waals surface area contributed by atoms with Crippen LogP contribution in [-0.2, 0) is 4.79 Å². The number of amides is 1. The fourth-order valence-electron chi connectivity index (χ4n) is 2.02. The van der Waals surface area contributed by atoms with Crippen LogP contribution in [0.5, 0.6) is 5.75 Å². The summed E-state index contributed by atoms with van der Waals surface area (Å²) in [5.41, 5.74) is 6.25. The standard InChI is InChI=1S/C15H22N2O2S/c1-10(2)8-11(3)17-14(18)9-19-13-7-5-4-6-12(13)15(16)20/h4-7,10-11H,8-9H2,1-3H3,(H2,16,20)(H,17,18). The van der Waals surface area contributed by atoms with Crippen molar-refractivity contribution in [3.63, 3.8) is 0 Å². The summed E-state index contributed by atoms with van der Waals surface area (Å²) in [6, 6.07) is 7.30. The summed E-state index contributed by atoms with van der Waals surface area (Å²) in [5.74, 6) is 0.934. The number of benzene rings is 1. The first kappa shape index (κ1) is 16.4. The van der Waals surface area contributed by atoms with Gasteiger partial charge < -0.3 is 15.8 Å². The molecule has 1 amide bonds. The van der Waals surface area contributed by atoms with Crippen LogP contribution in [0.2, 0.25) is 0 Å². The van der Waals surface area contributed by atoms with E-state index in [-0.39, 0.29) is 23.5 Å². The van der Waals surface area contributed by atoms with Gasteiger partial charge in [0.2, 0.25) is 0 Å². The van der Waals surface area contributed by atoms with Crippen molar-refractivity contribution in [3.05, 3.63) is 29.8 Å². The lowest BCUT2D eigenvalue weighted by molar-refractivity contribution is -0.123. The Labute approximate surface area is 125 Å². The highest BCUT2D eigenvalue weighted by atomic mass is 32.1. The Morgan fingerprint density at radius 2 is 2.00 bits per heavy atom. The van der Waals surface area contributed by atoms with E-state index in [1.807, 2.05) is 19.1 Å². The molecule has 0 radical (unpaired) electrons. The Bertz CT molecular complexity index is 475. The Hall–Kier alpha value is -1.62. The molecule has 0 aliphatic carbocycles. The molecular weight excluding hydrogens is 272 g/mol. The highest BCUT2D eigenvalue weighted by Crippen LogP contribution is 2.17. The number of carbonyl (C=O) groups excluding carboxylic acids is 1. The monoisotopic (exact) mass is 294 g/mol. The molecular formula is C15H22N2O2S. The average molecular weight is 294 g/mol. The van der Waals surface area contributed by atoms with Gasteiger partial charge in [-0.25, -0.2) is 0 Å². The zero-order chi connectivity index (χ0) is 15.1. The Kier molecular flexibility index (Phi) is 6.45. The molecule has 1 aromatic rings. The molecule has 0 heterocycles. The van der Waals surface area contributed by atoms with Crippen LogP contribution >= 0.6 is 12.2 Å². The Balaban J connectivity index is 2.51. The Morgan fingerprint density at radius 1 is 1.35 bits per heavy atom. The molecule has 0 fully saturated rings. The lowest BCUT2D eigenvalue weighted by Crippen LogP contribution is -2.36. The second kappa shape index (κ2) is 7.85. The van der Waals surface area contributed by atoms with Crippen molar-refractivity contribution in [2.24, 2.45) is 11.7 Å². The van der Waals surface area contributed by atoms with E-state index in [4.69, 9.17) is 22.7 Å². The van der Waals surface area contributed by atoms with Crippen LogP contribution in [0.3, 0.4) is 0 Å². The summed E-state index contributed by atoms with van der Waals surface area (Å²) in [4.78, 5) is 12.0. The van der Waals surface area contributed by atoms with Gasteiger partial charge in [-0.05, 0) is 31.4 Å². The van der Waals surface area contributed by atoms with Crippen molar-refractivity contribution >= 4 is 23.1 Å². The molecule has 0 aliphatic rings. The van der Waals surface area contributed by atoms with Gasteiger partial charge in [0.25, 0.3) is 5.91 Å². The fourth-order valence-corrected chi connectivity index (χ4v) is 2.19.